The van der Waals surface area contributed by atoms with Gasteiger partial charge in [0.2, 0.25) is 0 Å². The van der Waals surface area contributed by atoms with E-state index in [1.54, 1.807) is 0 Å². The molecule has 1 unspecified atom stereocenters. The maximum atomic E-state index is 11.9. The van der Waals surface area contributed by atoms with E-state index in [2.05, 4.69) is 0 Å². The van der Waals surface area contributed by atoms with Crippen molar-refractivity contribution in [2.75, 3.05) is 6.61 Å². The SMILES string of the molecule is NC(COCc1ccccc1)C(F)F. The monoisotopic (exact) mass is 201 g/mol. The summed E-state index contributed by atoms with van der Waals surface area (Å²) in [6, 6.07) is 8.16. The molecule has 0 saturated carbocycles. The van der Waals surface area contributed by atoms with Gasteiger partial charge < -0.3 is 10.5 Å². The first kappa shape index (κ1) is 11.1. The third-order valence-electron chi connectivity index (χ3n) is 1.75. The molecule has 1 atom stereocenters. The van der Waals surface area contributed by atoms with E-state index in [0.29, 0.717) is 6.61 Å². The van der Waals surface area contributed by atoms with Gasteiger partial charge in [0.1, 0.15) is 0 Å². The highest BCUT2D eigenvalue weighted by molar-refractivity contribution is 5.13. The molecule has 78 valence electrons. The Morgan fingerprint density at radius 2 is 1.86 bits per heavy atom. The van der Waals surface area contributed by atoms with Crippen molar-refractivity contribution >= 4 is 0 Å². The minimum Gasteiger partial charge on any atom is -0.375 e. The van der Waals surface area contributed by atoms with E-state index in [-0.39, 0.29) is 6.61 Å². The van der Waals surface area contributed by atoms with E-state index in [1.165, 1.54) is 0 Å². The van der Waals surface area contributed by atoms with Crippen LogP contribution in [0.1, 0.15) is 5.56 Å². The van der Waals surface area contributed by atoms with Crippen LogP contribution in [0.3, 0.4) is 0 Å². The minimum atomic E-state index is -2.52. The van der Waals surface area contributed by atoms with Gasteiger partial charge in [-0.3, -0.25) is 0 Å². The second-order valence-electron chi connectivity index (χ2n) is 3.00. The summed E-state index contributed by atoms with van der Waals surface area (Å²) in [6.45, 7) is 0.202. The summed E-state index contributed by atoms with van der Waals surface area (Å²) in [7, 11) is 0. The van der Waals surface area contributed by atoms with Gasteiger partial charge in [-0.15, -0.1) is 0 Å². The molecule has 0 saturated heterocycles. The van der Waals surface area contributed by atoms with Gasteiger partial charge >= 0.3 is 0 Å². The molecule has 0 aliphatic heterocycles. The van der Waals surface area contributed by atoms with Gasteiger partial charge in [-0.25, -0.2) is 8.78 Å². The van der Waals surface area contributed by atoms with E-state index in [9.17, 15) is 8.78 Å². The predicted molar refractivity (Wildman–Crippen MR) is 50.1 cm³/mol. The number of halogens is 2. The Hall–Kier alpha value is -1.00. The van der Waals surface area contributed by atoms with E-state index < -0.39 is 12.5 Å². The van der Waals surface area contributed by atoms with Gasteiger partial charge in [0.15, 0.2) is 0 Å². The summed E-state index contributed by atoms with van der Waals surface area (Å²) in [4.78, 5) is 0. The first-order chi connectivity index (χ1) is 6.70. The van der Waals surface area contributed by atoms with Gasteiger partial charge in [0, 0.05) is 0 Å². The molecule has 0 aromatic heterocycles. The molecule has 0 spiro atoms. The third kappa shape index (κ3) is 3.81. The van der Waals surface area contributed by atoms with Crippen molar-refractivity contribution in [3.05, 3.63) is 35.9 Å². The van der Waals surface area contributed by atoms with Gasteiger partial charge in [-0.05, 0) is 5.56 Å². The zero-order valence-corrected chi connectivity index (χ0v) is 7.70. The Bertz CT molecular complexity index is 254. The summed E-state index contributed by atoms with van der Waals surface area (Å²) in [5.41, 5.74) is 6.06. The van der Waals surface area contributed by atoms with Crippen LogP contribution in [0.2, 0.25) is 0 Å². The number of nitrogens with two attached hydrogens (primary N) is 1. The first-order valence-corrected chi connectivity index (χ1v) is 4.35. The number of benzene rings is 1. The Labute approximate surface area is 81.7 Å². The molecule has 1 aromatic rings. The van der Waals surface area contributed by atoms with Crippen LogP contribution in [-0.2, 0) is 11.3 Å². The van der Waals surface area contributed by atoms with Gasteiger partial charge in [0.05, 0.1) is 19.3 Å². The Morgan fingerprint density at radius 1 is 1.21 bits per heavy atom. The number of hydrogen-bond acceptors (Lipinski definition) is 2. The normalized spacial score (nSPS) is 13.1. The summed E-state index contributed by atoms with van der Waals surface area (Å²) < 4.78 is 28.9. The molecule has 0 fully saturated rings. The highest BCUT2D eigenvalue weighted by atomic mass is 19.3. The summed E-state index contributed by atoms with van der Waals surface area (Å²) in [5, 5.41) is 0. The largest absolute Gasteiger partial charge is 0.375 e. The number of rotatable bonds is 5. The second kappa shape index (κ2) is 5.67. The van der Waals surface area contributed by atoms with Crippen molar-refractivity contribution in [1.82, 2.24) is 0 Å². The van der Waals surface area contributed by atoms with Crippen molar-refractivity contribution in [3.63, 3.8) is 0 Å². The lowest BCUT2D eigenvalue weighted by molar-refractivity contribution is 0.0397. The lowest BCUT2D eigenvalue weighted by Crippen LogP contribution is -2.33. The number of alkyl halides is 2. The lowest BCUT2D eigenvalue weighted by Gasteiger charge is -2.10. The van der Waals surface area contributed by atoms with Crippen LogP contribution in [-0.4, -0.2) is 19.1 Å². The molecule has 0 radical (unpaired) electrons. The molecule has 0 aliphatic rings. The maximum Gasteiger partial charge on any atom is 0.255 e. The Morgan fingerprint density at radius 3 is 2.43 bits per heavy atom. The fourth-order valence-electron chi connectivity index (χ4n) is 0.960. The highest BCUT2D eigenvalue weighted by Gasteiger charge is 2.14. The second-order valence-corrected chi connectivity index (χ2v) is 3.00. The van der Waals surface area contributed by atoms with Gasteiger partial charge in [-0.1, -0.05) is 30.3 Å². The Balaban J connectivity index is 2.22. The maximum absolute atomic E-state index is 11.9. The van der Waals surface area contributed by atoms with E-state index in [1.807, 2.05) is 30.3 Å². The summed E-state index contributed by atoms with van der Waals surface area (Å²) in [5.74, 6) is 0. The highest BCUT2D eigenvalue weighted by Crippen LogP contribution is 2.03. The van der Waals surface area contributed by atoms with E-state index in [0.717, 1.165) is 5.56 Å². The first-order valence-electron chi connectivity index (χ1n) is 4.35. The van der Waals surface area contributed by atoms with Crippen LogP contribution in [0.4, 0.5) is 8.78 Å². The summed E-state index contributed by atoms with van der Waals surface area (Å²) in [6.07, 6.45) is -2.52. The topological polar surface area (TPSA) is 35.2 Å². The molecule has 14 heavy (non-hydrogen) atoms. The standard InChI is InChI=1S/C10H13F2NO/c11-10(12)9(13)7-14-6-8-4-2-1-3-5-8/h1-5,9-10H,6-7,13H2. The molecule has 0 amide bonds. The molecule has 2 nitrogen and oxygen atoms in total. The number of hydrogen-bond donors (Lipinski definition) is 1. The van der Waals surface area contributed by atoms with Gasteiger partial charge in [0.25, 0.3) is 6.43 Å². The fraction of sp³-hybridized carbons (Fsp3) is 0.400. The van der Waals surface area contributed by atoms with Crippen molar-refractivity contribution in [3.8, 4) is 0 Å². The van der Waals surface area contributed by atoms with E-state index in [4.69, 9.17) is 10.5 Å². The predicted octanol–water partition coefficient (Wildman–Crippen LogP) is 1.80. The van der Waals surface area contributed by atoms with Crippen LogP contribution < -0.4 is 5.73 Å². The zero-order valence-electron chi connectivity index (χ0n) is 7.70. The fourth-order valence-corrected chi connectivity index (χ4v) is 0.960. The molecule has 2 N–H and O–H groups in total. The molecular weight excluding hydrogens is 188 g/mol. The molecule has 1 aromatic carbocycles. The minimum absolute atomic E-state index is 0.118. The molecule has 0 heterocycles. The van der Waals surface area contributed by atoms with Crippen LogP contribution in [0.5, 0.6) is 0 Å². The van der Waals surface area contributed by atoms with Crippen molar-refractivity contribution in [1.29, 1.82) is 0 Å². The van der Waals surface area contributed by atoms with Crippen LogP contribution in [0.15, 0.2) is 30.3 Å². The van der Waals surface area contributed by atoms with E-state index >= 15 is 0 Å². The van der Waals surface area contributed by atoms with Crippen LogP contribution in [0, 0.1) is 0 Å². The molecule has 0 aliphatic carbocycles. The molecule has 0 bridgehead atoms. The average molecular weight is 201 g/mol. The number of ether oxygens (including phenoxy) is 1. The quantitative estimate of drug-likeness (QED) is 0.788. The van der Waals surface area contributed by atoms with Crippen molar-refractivity contribution in [2.45, 2.75) is 19.1 Å². The Kier molecular flexibility index (Phi) is 4.49. The average Bonchev–Trinajstić information content (AvgIpc) is 2.19. The zero-order chi connectivity index (χ0) is 10.4. The lowest BCUT2D eigenvalue weighted by atomic mass is 10.2. The molecule has 4 heteroatoms. The van der Waals surface area contributed by atoms with Crippen LogP contribution >= 0.6 is 0 Å². The van der Waals surface area contributed by atoms with Gasteiger partial charge in [-0.2, -0.15) is 0 Å². The third-order valence-corrected chi connectivity index (χ3v) is 1.75. The van der Waals surface area contributed by atoms with Crippen molar-refractivity contribution < 1.29 is 13.5 Å². The summed E-state index contributed by atoms with van der Waals surface area (Å²) >= 11 is 0. The molecule has 1 rings (SSSR count). The smallest absolute Gasteiger partial charge is 0.255 e. The van der Waals surface area contributed by atoms with Crippen molar-refractivity contribution in [2.24, 2.45) is 5.73 Å². The van der Waals surface area contributed by atoms with Crippen LogP contribution in [0.25, 0.3) is 0 Å². The molecular formula is C10H13F2NO.